The smallest absolute Gasteiger partial charge is 0.176 e. The predicted molar refractivity (Wildman–Crippen MR) is 52.7 cm³/mol. The molecule has 1 aromatic rings. The van der Waals surface area contributed by atoms with Gasteiger partial charge in [0.2, 0.25) is 0 Å². The van der Waals surface area contributed by atoms with Crippen LogP contribution >= 0.6 is 11.3 Å². The van der Waals surface area contributed by atoms with Crippen molar-refractivity contribution >= 4 is 17.1 Å². The van der Waals surface area contributed by atoms with Gasteiger partial charge in [-0.15, -0.1) is 11.3 Å². The standard InChI is InChI=1S/C10H12OS/c1-2-3-4-6-9(11)10-7-5-8-12-10/h3-5,7-8H,2,6H2,1H3/b4-3+. The summed E-state index contributed by atoms with van der Waals surface area (Å²) in [5.41, 5.74) is 0. The third-order valence-electron chi connectivity index (χ3n) is 1.50. The lowest BCUT2D eigenvalue weighted by atomic mass is 10.2. The number of carbonyl (C=O) groups excluding carboxylic acids is 1. The molecular weight excluding hydrogens is 168 g/mol. The topological polar surface area (TPSA) is 17.1 Å². The Hall–Kier alpha value is -0.890. The first-order valence-electron chi connectivity index (χ1n) is 4.06. The molecule has 2 heteroatoms. The summed E-state index contributed by atoms with van der Waals surface area (Å²) in [6.07, 6.45) is 5.49. The van der Waals surface area contributed by atoms with Crippen molar-refractivity contribution in [2.45, 2.75) is 19.8 Å². The molecule has 0 spiro atoms. The first-order chi connectivity index (χ1) is 5.84. The first kappa shape index (κ1) is 9.20. The summed E-state index contributed by atoms with van der Waals surface area (Å²) in [4.78, 5) is 12.2. The summed E-state index contributed by atoms with van der Waals surface area (Å²) in [6.45, 7) is 2.06. The molecule has 0 N–H and O–H groups in total. The Morgan fingerprint density at radius 2 is 2.42 bits per heavy atom. The molecule has 0 aliphatic carbocycles. The fourth-order valence-corrected chi connectivity index (χ4v) is 1.57. The van der Waals surface area contributed by atoms with Crippen molar-refractivity contribution in [1.29, 1.82) is 0 Å². The van der Waals surface area contributed by atoms with Crippen LogP contribution in [-0.4, -0.2) is 5.78 Å². The molecule has 0 unspecified atom stereocenters. The maximum atomic E-state index is 11.3. The largest absolute Gasteiger partial charge is 0.293 e. The second-order valence-electron chi connectivity index (χ2n) is 2.48. The summed E-state index contributed by atoms with van der Waals surface area (Å²) >= 11 is 1.51. The quantitative estimate of drug-likeness (QED) is 0.513. The molecule has 0 atom stereocenters. The molecule has 64 valence electrons. The van der Waals surface area contributed by atoms with E-state index in [1.54, 1.807) is 0 Å². The molecule has 0 saturated carbocycles. The number of carbonyl (C=O) groups is 1. The highest BCUT2D eigenvalue weighted by molar-refractivity contribution is 7.12. The highest BCUT2D eigenvalue weighted by atomic mass is 32.1. The molecule has 1 aromatic heterocycles. The van der Waals surface area contributed by atoms with Crippen molar-refractivity contribution in [3.63, 3.8) is 0 Å². The number of allylic oxidation sites excluding steroid dienone is 2. The van der Waals surface area contributed by atoms with Crippen molar-refractivity contribution in [1.82, 2.24) is 0 Å². The van der Waals surface area contributed by atoms with E-state index in [0.717, 1.165) is 11.3 Å². The Bertz CT molecular complexity index is 259. The van der Waals surface area contributed by atoms with E-state index in [1.807, 2.05) is 29.7 Å². The van der Waals surface area contributed by atoms with Gasteiger partial charge in [0, 0.05) is 6.42 Å². The van der Waals surface area contributed by atoms with Crippen molar-refractivity contribution in [3.05, 3.63) is 34.5 Å². The van der Waals surface area contributed by atoms with Gasteiger partial charge in [-0.1, -0.05) is 25.1 Å². The van der Waals surface area contributed by atoms with Gasteiger partial charge in [0.05, 0.1) is 4.88 Å². The second-order valence-corrected chi connectivity index (χ2v) is 3.43. The molecule has 1 nitrogen and oxygen atoms in total. The van der Waals surface area contributed by atoms with Crippen molar-refractivity contribution < 1.29 is 4.79 Å². The Labute approximate surface area is 76.7 Å². The van der Waals surface area contributed by atoms with Gasteiger partial charge in [0.1, 0.15) is 0 Å². The monoisotopic (exact) mass is 180 g/mol. The van der Waals surface area contributed by atoms with Gasteiger partial charge in [0.15, 0.2) is 5.78 Å². The fourth-order valence-electron chi connectivity index (χ4n) is 0.895. The molecule has 1 heterocycles. The molecule has 0 saturated heterocycles. The number of rotatable bonds is 4. The van der Waals surface area contributed by atoms with Crippen LogP contribution in [0.2, 0.25) is 0 Å². The molecule has 0 radical (unpaired) electrons. The molecule has 0 aromatic carbocycles. The number of thiophene rings is 1. The minimum absolute atomic E-state index is 0.217. The number of hydrogen-bond donors (Lipinski definition) is 0. The van der Waals surface area contributed by atoms with Gasteiger partial charge in [-0.05, 0) is 17.9 Å². The molecular formula is C10H12OS. The van der Waals surface area contributed by atoms with Crippen LogP contribution in [0.5, 0.6) is 0 Å². The summed E-state index contributed by atoms with van der Waals surface area (Å²) in [5, 5.41) is 1.93. The Morgan fingerprint density at radius 3 is 3.00 bits per heavy atom. The van der Waals surface area contributed by atoms with Gasteiger partial charge in [-0.2, -0.15) is 0 Å². The minimum atomic E-state index is 0.217. The van der Waals surface area contributed by atoms with Gasteiger partial charge in [-0.25, -0.2) is 0 Å². The van der Waals surface area contributed by atoms with Crippen molar-refractivity contribution in [2.24, 2.45) is 0 Å². The molecule has 0 amide bonds. The van der Waals surface area contributed by atoms with Gasteiger partial charge >= 0.3 is 0 Å². The third-order valence-corrected chi connectivity index (χ3v) is 2.41. The fraction of sp³-hybridized carbons (Fsp3) is 0.300. The normalized spacial score (nSPS) is 10.8. The van der Waals surface area contributed by atoms with Crippen LogP contribution in [-0.2, 0) is 0 Å². The highest BCUT2D eigenvalue weighted by Gasteiger charge is 2.02. The zero-order valence-corrected chi connectivity index (χ0v) is 7.93. The average Bonchev–Trinajstić information content (AvgIpc) is 2.56. The van der Waals surface area contributed by atoms with Gasteiger partial charge in [0.25, 0.3) is 0 Å². The first-order valence-corrected chi connectivity index (χ1v) is 4.94. The number of hydrogen-bond acceptors (Lipinski definition) is 2. The van der Waals surface area contributed by atoms with E-state index in [4.69, 9.17) is 0 Å². The summed E-state index contributed by atoms with van der Waals surface area (Å²) in [7, 11) is 0. The van der Waals surface area contributed by atoms with Crippen LogP contribution in [0, 0.1) is 0 Å². The molecule has 0 bridgehead atoms. The van der Waals surface area contributed by atoms with E-state index in [-0.39, 0.29) is 5.78 Å². The lowest BCUT2D eigenvalue weighted by Crippen LogP contribution is -1.91. The van der Waals surface area contributed by atoms with E-state index in [2.05, 4.69) is 6.92 Å². The van der Waals surface area contributed by atoms with E-state index >= 15 is 0 Å². The zero-order valence-electron chi connectivity index (χ0n) is 7.12. The van der Waals surface area contributed by atoms with Crippen molar-refractivity contribution in [3.8, 4) is 0 Å². The zero-order chi connectivity index (χ0) is 8.81. The van der Waals surface area contributed by atoms with E-state index in [9.17, 15) is 4.79 Å². The SMILES string of the molecule is CC/C=C/CC(=O)c1cccs1. The third kappa shape index (κ3) is 2.62. The average molecular weight is 180 g/mol. The molecule has 1 rings (SSSR count). The highest BCUT2D eigenvalue weighted by Crippen LogP contribution is 2.11. The Kier molecular flexibility index (Phi) is 3.74. The van der Waals surface area contributed by atoms with E-state index < -0.39 is 0 Å². The summed E-state index contributed by atoms with van der Waals surface area (Å²) in [5.74, 6) is 0.217. The summed E-state index contributed by atoms with van der Waals surface area (Å²) in [6, 6.07) is 3.77. The Morgan fingerprint density at radius 1 is 1.58 bits per heavy atom. The van der Waals surface area contributed by atoms with E-state index in [0.29, 0.717) is 6.42 Å². The molecule has 12 heavy (non-hydrogen) atoms. The van der Waals surface area contributed by atoms with E-state index in [1.165, 1.54) is 11.3 Å². The number of ketones is 1. The second kappa shape index (κ2) is 4.88. The van der Waals surface area contributed by atoms with Gasteiger partial charge < -0.3 is 0 Å². The predicted octanol–water partition coefficient (Wildman–Crippen LogP) is 3.29. The minimum Gasteiger partial charge on any atom is -0.293 e. The lowest BCUT2D eigenvalue weighted by molar-refractivity contribution is 0.0999. The van der Waals surface area contributed by atoms with Crippen LogP contribution in [0.15, 0.2) is 29.7 Å². The maximum absolute atomic E-state index is 11.3. The Balaban J connectivity index is 2.45. The molecule has 0 aliphatic rings. The summed E-state index contributed by atoms with van der Waals surface area (Å²) < 4.78 is 0. The number of Topliss-reactive ketones (excluding diaryl/α,β-unsaturated/α-hetero) is 1. The molecule has 0 aliphatic heterocycles. The van der Waals surface area contributed by atoms with Crippen LogP contribution in [0.3, 0.4) is 0 Å². The maximum Gasteiger partial charge on any atom is 0.176 e. The van der Waals surface area contributed by atoms with Crippen molar-refractivity contribution in [2.75, 3.05) is 0 Å². The lowest BCUT2D eigenvalue weighted by Gasteiger charge is -1.89. The van der Waals surface area contributed by atoms with Crippen LogP contribution in [0.25, 0.3) is 0 Å². The van der Waals surface area contributed by atoms with Crippen LogP contribution in [0.1, 0.15) is 29.4 Å². The van der Waals surface area contributed by atoms with Gasteiger partial charge in [-0.3, -0.25) is 4.79 Å². The molecule has 0 fully saturated rings. The van der Waals surface area contributed by atoms with Crippen LogP contribution < -0.4 is 0 Å². The van der Waals surface area contributed by atoms with Crippen LogP contribution in [0.4, 0.5) is 0 Å².